The van der Waals surface area contributed by atoms with Crippen LogP contribution in [0.5, 0.6) is 5.75 Å². The van der Waals surface area contributed by atoms with E-state index in [-0.39, 0.29) is 28.3 Å². The highest BCUT2D eigenvalue weighted by Gasteiger charge is 2.21. The molecule has 0 heterocycles. The van der Waals surface area contributed by atoms with E-state index in [2.05, 4.69) is 52.9 Å². The molecule has 0 aromatic heterocycles. The molecule has 9 nitrogen and oxygen atoms in total. The summed E-state index contributed by atoms with van der Waals surface area (Å²) in [4.78, 5) is 26.7. The van der Waals surface area contributed by atoms with E-state index in [1.54, 1.807) is 19.2 Å². The fourth-order valence-corrected chi connectivity index (χ4v) is 4.09. The van der Waals surface area contributed by atoms with Crippen molar-refractivity contribution in [1.82, 2.24) is 15.5 Å². The van der Waals surface area contributed by atoms with Crippen molar-refractivity contribution in [3.05, 3.63) is 58.9 Å². The Kier molecular flexibility index (Phi) is 10.6. The first-order valence-electron chi connectivity index (χ1n) is 12.4. The quantitative estimate of drug-likeness (QED) is 0.111. The molecule has 0 unspecified atom stereocenters. The Morgan fingerprint density at radius 2 is 1.74 bits per heavy atom. The second-order valence-corrected chi connectivity index (χ2v) is 12.2. The number of amides is 2. The average Bonchev–Trinajstić information content (AvgIpc) is 2.83. The molecule has 2 amide bonds. The number of hydrogen-bond acceptors (Lipinski definition) is 8. The SMILES string of the molecule is CNSc1cc(C(C)(C)C)cc(NC(=O)c2ccc(C)c(N/C=C(\NN)C(=O)NCC(C)(C)C)c2)c1OC. The minimum absolute atomic E-state index is 0.0668. The van der Waals surface area contributed by atoms with Gasteiger partial charge in [-0.3, -0.25) is 20.2 Å². The van der Waals surface area contributed by atoms with Gasteiger partial charge < -0.3 is 26.1 Å². The standard InChI is InChI=1S/C28H42N6O3S/c1-17-10-11-18(12-20(17)31-15-22(34-29)26(36)32-16-27(2,3)4)25(35)33-21-13-19(28(5,6)7)14-23(38-30-8)24(21)37-9/h10-15,30-31,34H,16,29H2,1-9H3,(H,32,36)(H,33,35)/b22-15-. The lowest BCUT2D eigenvalue weighted by Gasteiger charge is -2.23. The lowest BCUT2D eigenvalue weighted by molar-refractivity contribution is -0.118. The first-order valence-corrected chi connectivity index (χ1v) is 13.2. The number of hydrogen-bond donors (Lipinski definition) is 6. The Labute approximate surface area is 230 Å². The Balaban J connectivity index is 2.33. The summed E-state index contributed by atoms with van der Waals surface area (Å²) >= 11 is 1.42. The molecule has 0 aliphatic carbocycles. The number of anilines is 2. The summed E-state index contributed by atoms with van der Waals surface area (Å²) in [5.41, 5.74) is 6.05. The zero-order valence-electron chi connectivity index (χ0n) is 23.9. The van der Waals surface area contributed by atoms with E-state index in [1.807, 2.05) is 46.9 Å². The molecule has 7 N–H and O–H groups in total. The highest BCUT2D eigenvalue weighted by atomic mass is 32.2. The number of nitrogens with one attached hydrogen (secondary N) is 5. The minimum atomic E-state index is -0.331. The normalized spacial score (nSPS) is 12.1. The lowest BCUT2D eigenvalue weighted by atomic mass is 9.86. The molecule has 2 aromatic rings. The number of carbonyl (C=O) groups excluding carboxylic acids is 2. The summed E-state index contributed by atoms with van der Waals surface area (Å²) < 4.78 is 8.75. The smallest absolute Gasteiger partial charge is 0.270 e. The van der Waals surface area contributed by atoms with Crippen LogP contribution in [0.25, 0.3) is 0 Å². The molecule has 2 aromatic carbocycles. The van der Waals surface area contributed by atoms with Gasteiger partial charge in [0.15, 0.2) is 5.75 Å². The number of methoxy groups -OCH3 is 1. The van der Waals surface area contributed by atoms with Crippen molar-refractivity contribution >= 4 is 35.1 Å². The maximum Gasteiger partial charge on any atom is 0.270 e. The summed E-state index contributed by atoms with van der Waals surface area (Å²) in [6, 6.07) is 9.33. The van der Waals surface area contributed by atoms with Crippen LogP contribution in [-0.2, 0) is 10.2 Å². The van der Waals surface area contributed by atoms with Gasteiger partial charge in [-0.1, -0.05) is 47.6 Å². The largest absolute Gasteiger partial charge is 0.493 e. The highest BCUT2D eigenvalue weighted by Crippen LogP contribution is 2.39. The van der Waals surface area contributed by atoms with E-state index >= 15 is 0 Å². The van der Waals surface area contributed by atoms with E-state index in [9.17, 15) is 9.59 Å². The number of rotatable bonds is 10. The lowest BCUT2D eigenvalue weighted by Crippen LogP contribution is -2.39. The van der Waals surface area contributed by atoms with Crippen LogP contribution in [0.4, 0.5) is 11.4 Å². The number of ether oxygens (including phenoxy) is 1. The van der Waals surface area contributed by atoms with E-state index in [0.29, 0.717) is 29.2 Å². The summed E-state index contributed by atoms with van der Waals surface area (Å²) in [5, 5.41) is 8.96. The maximum atomic E-state index is 13.3. The van der Waals surface area contributed by atoms with Crippen molar-refractivity contribution in [3.63, 3.8) is 0 Å². The predicted octanol–water partition coefficient (Wildman–Crippen LogP) is 4.66. The maximum absolute atomic E-state index is 13.3. The second kappa shape index (κ2) is 13.0. The molecular weight excluding hydrogens is 500 g/mol. The molecule has 0 saturated carbocycles. The van der Waals surface area contributed by atoms with Crippen molar-refractivity contribution < 1.29 is 14.3 Å². The van der Waals surface area contributed by atoms with Crippen LogP contribution in [-0.4, -0.2) is 32.5 Å². The number of benzene rings is 2. The zero-order valence-corrected chi connectivity index (χ0v) is 24.7. The van der Waals surface area contributed by atoms with Crippen LogP contribution >= 0.6 is 11.9 Å². The molecule has 2 rings (SSSR count). The average molecular weight is 543 g/mol. The van der Waals surface area contributed by atoms with Gasteiger partial charge in [-0.2, -0.15) is 0 Å². The van der Waals surface area contributed by atoms with Crippen molar-refractivity contribution in [1.29, 1.82) is 0 Å². The number of hydrazine groups is 1. The van der Waals surface area contributed by atoms with Gasteiger partial charge in [0, 0.05) is 24.0 Å². The molecule has 38 heavy (non-hydrogen) atoms. The fraction of sp³-hybridized carbons (Fsp3) is 0.429. The third kappa shape index (κ3) is 8.68. The molecule has 0 bridgehead atoms. The number of carbonyl (C=O) groups is 2. The highest BCUT2D eigenvalue weighted by molar-refractivity contribution is 7.97. The second-order valence-electron chi connectivity index (χ2n) is 11.2. The van der Waals surface area contributed by atoms with Crippen LogP contribution < -0.4 is 36.7 Å². The van der Waals surface area contributed by atoms with Crippen LogP contribution in [0.15, 0.2) is 47.1 Å². The molecule has 0 fully saturated rings. The first-order chi connectivity index (χ1) is 17.7. The third-order valence-electron chi connectivity index (χ3n) is 5.64. The van der Waals surface area contributed by atoms with Crippen LogP contribution in [0.1, 0.15) is 63.0 Å². The third-order valence-corrected chi connectivity index (χ3v) is 6.36. The van der Waals surface area contributed by atoms with Crippen molar-refractivity contribution in [2.45, 2.75) is 58.8 Å². The van der Waals surface area contributed by atoms with Gasteiger partial charge in [0.2, 0.25) is 0 Å². The molecule has 0 saturated heterocycles. The van der Waals surface area contributed by atoms with Crippen molar-refractivity contribution in [2.75, 3.05) is 31.3 Å². The monoisotopic (exact) mass is 542 g/mol. The Hall–Kier alpha value is -3.21. The van der Waals surface area contributed by atoms with Gasteiger partial charge in [-0.05, 0) is 72.1 Å². The fourth-order valence-electron chi connectivity index (χ4n) is 3.40. The van der Waals surface area contributed by atoms with E-state index in [1.165, 1.54) is 18.1 Å². The molecule has 0 aliphatic rings. The van der Waals surface area contributed by atoms with E-state index < -0.39 is 0 Å². The van der Waals surface area contributed by atoms with Crippen molar-refractivity contribution in [2.24, 2.45) is 11.3 Å². The molecule has 208 valence electrons. The van der Waals surface area contributed by atoms with Gasteiger partial charge in [0.05, 0.1) is 17.7 Å². The van der Waals surface area contributed by atoms with Crippen LogP contribution in [0.2, 0.25) is 0 Å². The summed E-state index contributed by atoms with van der Waals surface area (Å²) in [6.45, 7) is 14.8. The number of nitrogens with two attached hydrogens (primary N) is 1. The number of aryl methyl sites for hydroxylation is 1. The van der Waals surface area contributed by atoms with Gasteiger partial charge in [-0.25, -0.2) is 0 Å². The van der Waals surface area contributed by atoms with E-state index in [4.69, 9.17) is 10.6 Å². The molecular formula is C28H42N6O3S. The van der Waals surface area contributed by atoms with Gasteiger partial charge in [0.25, 0.3) is 11.8 Å². The van der Waals surface area contributed by atoms with E-state index in [0.717, 1.165) is 16.0 Å². The molecule has 0 radical (unpaired) electrons. The summed E-state index contributed by atoms with van der Waals surface area (Å²) in [7, 11) is 3.42. The zero-order chi connectivity index (χ0) is 28.7. The Morgan fingerprint density at radius 1 is 1.05 bits per heavy atom. The van der Waals surface area contributed by atoms with Gasteiger partial charge in [-0.15, -0.1) is 0 Å². The topological polar surface area (TPSA) is 130 Å². The van der Waals surface area contributed by atoms with Gasteiger partial charge >= 0.3 is 0 Å². The minimum Gasteiger partial charge on any atom is -0.493 e. The molecule has 0 spiro atoms. The molecule has 0 atom stereocenters. The van der Waals surface area contributed by atoms with Gasteiger partial charge in [0.1, 0.15) is 5.70 Å². The Morgan fingerprint density at radius 3 is 2.29 bits per heavy atom. The van der Waals surface area contributed by atoms with Crippen LogP contribution in [0.3, 0.4) is 0 Å². The van der Waals surface area contributed by atoms with Crippen LogP contribution in [0, 0.1) is 12.3 Å². The summed E-state index contributed by atoms with van der Waals surface area (Å²) in [5.74, 6) is 5.54. The molecule has 10 heteroatoms. The Bertz CT molecular complexity index is 1180. The van der Waals surface area contributed by atoms with Crippen molar-refractivity contribution in [3.8, 4) is 5.75 Å². The first kappa shape index (κ1) is 31.0. The predicted molar refractivity (Wildman–Crippen MR) is 157 cm³/mol. The summed E-state index contributed by atoms with van der Waals surface area (Å²) in [6.07, 6.45) is 1.49. The molecule has 0 aliphatic heterocycles.